The lowest BCUT2D eigenvalue weighted by molar-refractivity contribution is -0.144. The molecule has 15 heavy (non-hydrogen) atoms. The standard InChI is InChI=1S/C10H14O5/c1-7(2)5-15-6-8(9(11)13-3)10(12)14-4/h6H,1,5H2,2-4H3. The van der Waals surface area contributed by atoms with Gasteiger partial charge in [0, 0.05) is 0 Å². The highest BCUT2D eigenvalue weighted by Gasteiger charge is 2.20. The molecule has 0 atom stereocenters. The highest BCUT2D eigenvalue weighted by molar-refractivity contribution is 6.13. The quantitative estimate of drug-likeness (QED) is 0.169. The molecule has 0 unspecified atom stereocenters. The van der Waals surface area contributed by atoms with Gasteiger partial charge in [0.25, 0.3) is 0 Å². The number of esters is 2. The van der Waals surface area contributed by atoms with Crippen LogP contribution in [0.15, 0.2) is 24.0 Å². The first-order valence-corrected chi connectivity index (χ1v) is 4.15. The van der Waals surface area contributed by atoms with E-state index in [4.69, 9.17) is 4.74 Å². The molecule has 0 aliphatic heterocycles. The van der Waals surface area contributed by atoms with Crippen molar-refractivity contribution in [1.82, 2.24) is 0 Å². The maximum absolute atomic E-state index is 11.1. The molecule has 0 aliphatic carbocycles. The van der Waals surface area contributed by atoms with Gasteiger partial charge in [0.15, 0.2) is 5.57 Å². The molecule has 0 aromatic carbocycles. The Balaban J connectivity index is 4.55. The lowest BCUT2D eigenvalue weighted by Crippen LogP contribution is -2.16. The van der Waals surface area contributed by atoms with Crippen LogP contribution in [0.1, 0.15) is 6.92 Å². The van der Waals surface area contributed by atoms with Crippen LogP contribution in [0.4, 0.5) is 0 Å². The second-order valence-electron chi connectivity index (χ2n) is 2.78. The fourth-order valence-electron chi connectivity index (χ4n) is 0.667. The van der Waals surface area contributed by atoms with E-state index in [1.54, 1.807) is 6.92 Å². The summed E-state index contributed by atoms with van der Waals surface area (Å²) in [5.74, 6) is -1.60. The lowest BCUT2D eigenvalue weighted by Gasteiger charge is -2.04. The molecule has 0 rings (SSSR count). The summed E-state index contributed by atoms with van der Waals surface area (Å²) in [7, 11) is 2.33. The summed E-state index contributed by atoms with van der Waals surface area (Å²) in [6.07, 6.45) is 1.01. The number of rotatable bonds is 5. The second-order valence-corrected chi connectivity index (χ2v) is 2.78. The van der Waals surface area contributed by atoms with E-state index >= 15 is 0 Å². The van der Waals surface area contributed by atoms with Crippen molar-refractivity contribution >= 4 is 11.9 Å². The maximum atomic E-state index is 11.1. The van der Waals surface area contributed by atoms with Gasteiger partial charge < -0.3 is 14.2 Å². The maximum Gasteiger partial charge on any atom is 0.348 e. The third-order valence-corrected chi connectivity index (χ3v) is 1.34. The van der Waals surface area contributed by atoms with E-state index in [9.17, 15) is 9.59 Å². The molecule has 0 aromatic rings. The van der Waals surface area contributed by atoms with E-state index in [0.29, 0.717) is 0 Å². The topological polar surface area (TPSA) is 61.8 Å². The SMILES string of the molecule is C=C(C)COC=C(C(=O)OC)C(=O)OC. The first-order chi connectivity index (χ1) is 7.02. The Morgan fingerprint density at radius 2 is 1.67 bits per heavy atom. The molecule has 5 heteroatoms. The van der Waals surface area contributed by atoms with Crippen LogP contribution >= 0.6 is 0 Å². The van der Waals surface area contributed by atoms with Crippen LogP contribution in [-0.2, 0) is 23.8 Å². The van der Waals surface area contributed by atoms with Gasteiger partial charge >= 0.3 is 11.9 Å². The van der Waals surface area contributed by atoms with Gasteiger partial charge in [0.05, 0.1) is 14.2 Å². The fraction of sp³-hybridized carbons (Fsp3) is 0.400. The van der Waals surface area contributed by atoms with Crippen LogP contribution in [0.25, 0.3) is 0 Å². The molecule has 0 aliphatic rings. The second kappa shape index (κ2) is 6.64. The molecular weight excluding hydrogens is 200 g/mol. The first-order valence-electron chi connectivity index (χ1n) is 4.15. The van der Waals surface area contributed by atoms with Crippen molar-refractivity contribution in [3.63, 3.8) is 0 Å². The average Bonchev–Trinajstić information content (AvgIpc) is 2.22. The fourth-order valence-corrected chi connectivity index (χ4v) is 0.667. The van der Waals surface area contributed by atoms with E-state index in [1.807, 2.05) is 0 Å². The Morgan fingerprint density at radius 3 is 2.00 bits per heavy atom. The molecule has 0 radical (unpaired) electrons. The van der Waals surface area contributed by atoms with E-state index in [2.05, 4.69) is 16.1 Å². The van der Waals surface area contributed by atoms with Crippen molar-refractivity contribution in [1.29, 1.82) is 0 Å². The summed E-state index contributed by atoms with van der Waals surface area (Å²) in [5, 5.41) is 0. The summed E-state index contributed by atoms with van der Waals surface area (Å²) in [6, 6.07) is 0. The van der Waals surface area contributed by atoms with E-state index in [-0.39, 0.29) is 12.2 Å². The number of hydrogen-bond acceptors (Lipinski definition) is 5. The Bertz CT molecular complexity index is 272. The molecule has 0 saturated heterocycles. The Labute approximate surface area is 88.3 Å². The smallest absolute Gasteiger partial charge is 0.348 e. The zero-order valence-corrected chi connectivity index (χ0v) is 9.03. The number of carbonyl (C=O) groups excluding carboxylic acids is 2. The van der Waals surface area contributed by atoms with Crippen molar-refractivity contribution < 1.29 is 23.8 Å². The summed E-state index contributed by atoms with van der Waals surface area (Å²) < 4.78 is 13.7. The van der Waals surface area contributed by atoms with E-state index in [1.165, 1.54) is 0 Å². The minimum atomic E-state index is -0.802. The van der Waals surface area contributed by atoms with Crippen molar-refractivity contribution in [3.8, 4) is 0 Å². The van der Waals surface area contributed by atoms with E-state index < -0.39 is 11.9 Å². The van der Waals surface area contributed by atoms with Gasteiger partial charge in [0.2, 0.25) is 0 Å². The van der Waals surface area contributed by atoms with Crippen molar-refractivity contribution in [2.45, 2.75) is 6.92 Å². The highest BCUT2D eigenvalue weighted by atomic mass is 16.5. The van der Waals surface area contributed by atoms with Crippen LogP contribution in [0.2, 0.25) is 0 Å². The van der Waals surface area contributed by atoms with Gasteiger partial charge in [-0.05, 0) is 12.5 Å². The third kappa shape index (κ3) is 4.85. The van der Waals surface area contributed by atoms with Crippen LogP contribution in [0.5, 0.6) is 0 Å². The van der Waals surface area contributed by atoms with Gasteiger partial charge in [-0.1, -0.05) is 6.58 Å². The molecule has 84 valence electrons. The first kappa shape index (κ1) is 13.2. The molecule has 0 saturated carbocycles. The Hall–Kier alpha value is -1.78. The molecule has 0 heterocycles. The predicted octanol–water partition coefficient (Wildman–Crippen LogP) is 0.809. The largest absolute Gasteiger partial charge is 0.496 e. The van der Waals surface area contributed by atoms with Gasteiger partial charge in [-0.25, -0.2) is 9.59 Å². The zero-order chi connectivity index (χ0) is 11.8. The van der Waals surface area contributed by atoms with Gasteiger partial charge in [0.1, 0.15) is 12.9 Å². The molecule has 0 aromatic heterocycles. The molecule has 0 N–H and O–H groups in total. The molecule has 0 fully saturated rings. The van der Waals surface area contributed by atoms with Crippen LogP contribution in [0, 0.1) is 0 Å². The zero-order valence-electron chi connectivity index (χ0n) is 9.03. The number of hydrogen-bond donors (Lipinski definition) is 0. The number of ether oxygens (including phenoxy) is 3. The Kier molecular flexibility index (Phi) is 5.85. The molecular formula is C10H14O5. The minimum Gasteiger partial charge on any atom is -0.496 e. The monoisotopic (exact) mass is 214 g/mol. The lowest BCUT2D eigenvalue weighted by atomic mass is 10.3. The third-order valence-electron chi connectivity index (χ3n) is 1.34. The van der Waals surface area contributed by atoms with Crippen LogP contribution in [-0.4, -0.2) is 32.8 Å². The van der Waals surface area contributed by atoms with Crippen molar-refractivity contribution in [3.05, 3.63) is 24.0 Å². The predicted molar refractivity (Wildman–Crippen MR) is 52.9 cm³/mol. The molecule has 5 nitrogen and oxygen atoms in total. The van der Waals surface area contributed by atoms with Crippen molar-refractivity contribution in [2.75, 3.05) is 20.8 Å². The molecule has 0 amide bonds. The van der Waals surface area contributed by atoms with Gasteiger partial charge in [-0.15, -0.1) is 0 Å². The summed E-state index contributed by atoms with van der Waals surface area (Å²) in [6.45, 7) is 5.57. The van der Waals surface area contributed by atoms with E-state index in [0.717, 1.165) is 26.1 Å². The summed E-state index contributed by atoms with van der Waals surface area (Å²) in [5.41, 5.74) is 0.474. The van der Waals surface area contributed by atoms with Crippen LogP contribution < -0.4 is 0 Å². The summed E-state index contributed by atoms with van der Waals surface area (Å²) in [4.78, 5) is 22.2. The van der Waals surface area contributed by atoms with Gasteiger partial charge in [-0.3, -0.25) is 0 Å². The number of carbonyl (C=O) groups is 2. The molecule has 0 spiro atoms. The summed E-state index contributed by atoms with van der Waals surface area (Å²) >= 11 is 0. The van der Waals surface area contributed by atoms with Gasteiger partial charge in [-0.2, -0.15) is 0 Å². The minimum absolute atomic E-state index is 0.220. The average molecular weight is 214 g/mol. The van der Waals surface area contributed by atoms with Crippen LogP contribution in [0.3, 0.4) is 0 Å². The number of methoxy groups -OCH3 is 2. The Morgan fingerprint density at radius 1 is 1.20 bits per heavy atom. The van der Waals surface area contributed by atoms with Crippen molar-refractivity contribution in [2.24, 2.45) is 0 Å². The highest BCUT2D eigenvalue weighted by Crippen LogP contribution is 2.02. The normalized spacial score (nSPS) is 8.73. The molecule has 0 bridgehead atoms.